The van der Waals surface area contributed by atoms with Crippen molar-refractivity contribution in [1.29, 1.82) is 5.26 Å². The van der Waals surface area contributed by atoms with Crippen molar-refractivity contribution < 1.29 is 13.2 Å². The van der Waals surface area contributed by atoms with Crippen LogP contribution < -0.4 is 9.46 Å². The number of nitrogens with one attached hydrogen (secondary N) is 1. The Bertz CT molecular complexity index is 493. The lowest BCUT2D eigenvalue weighted by molar-refractivity contribution is 0.397. The molecule has 1 rings (SSSR count). The highest BCUT2D eigenvalue weighted by molar-refractivity contribution is 7.89. The van der Waals surface area contributed by atoms with E-state index in [0.717, 1.165) is 0 Å². The molecule has 0 fully saturated rings. The number of pyridine rings is 1. The first-order valence-corrected chi connectivity index (χ1v) is 6.06. The summed E-state index contributed by atoms with van der Waals surface area (Å²) < 4.78 is 29.5. The van der Waals surface area contributed by atoms with E-state index in [4.69, 9.17) is 10.00 Å². The zero-order chi connectivity index (χ0) is 12.0. The van der Waals surface area contributed by atoms with Crippen LogP contribution in [0.15, 0.2) is 18.3 Å². The molecule has 0 aromatic carbocycles. The lowest BCUT2D eigenvalue weighted by atomic mass is 10.3. The number of methoxy groups -OCH3 is 1. The van der Waals surface area contributed by atoms with E-state index >= 15 is 0 Å². The minimum atomic E-state index is -3.52. The van der Waals surface area contributed by atoms with E-state index in [-0.39, 0.29) is 6.54 Å². The molecule has 0 spiro atoms. The highest BCUT2D eigenvalue weighted by atomic mass is 32.2. The Morgan fingerprint density at radius 2 is 2.38 bits per heavy atom. The third kappa shape index (κ3) is 3.84. The topological polar surface area (TPSA) is 92.1 Å². The van der Waals surface area contributed by atoms with Gasteiger partial charge >= 0.3 is 0 Å². The van der Waals surface area contributed by atoms with Crippen molar-refractivity contribution >= 4 is 10.0 Å². The zero-order valence-electron chi connectivity index (χ0n) is 8.67. The molecule has 7 heteroatoms. The molecule has 0 aliphatic heterocycles. The summed E-state index contributed by atoms with van der Waals surface area (Å²) in [6.07, 6.45) is 1.52. The molecule has 1 N–H and O–H groups in total. The second kappa shape index (κ2) is 5.44. The summed E-state index contributed by atoms with van der Waals surface area (Å²) in [5.41, 5.74) is 0.716. The first-order valence-electron chi connectivity index (χ1n) is 4.40. The minimum absolute atomic E-state index is 0.114. The maximum atomic E-state index is 11.2. The Balaban J connectivity index is 2.65. The Morgan fingerprint density at radius 3 is 3.00 bits per heavy atom. The molecule has 6 nitrogen and oxygen atoms in total. The standard InChI is InChI=1S/C9H11N3O3S/c1-15-9-6-8(2-4-11-9)7-12-16(13,14)5-3-10/h2,4,6,12H,5,7H2,1H3. The highest BCUT2D eigenvalue weighted by Crippen LogP contribution is 2.08. The lowest BCUT2D eigenvalue weighted by Gasteiger charge is -2.04. The molecule has 86 valence electrons. The van der Waals surface area contributed by atoms with Gasteiger partial charge in [0.15, 0.2) is 5.75 Å². The van der Waals surface area contributed by atoms with Gasteiger partial charge in [-0.05, 0) is 11.6 Å². The fourth-order valence-electron chi connectivity index (χ4n) is 1.00. The number of rotatable bonds is 5. The summed E-state index contributed by atoms with van der Waals surface area (Å²) in [4.78, 5) is 3.89. The molecule has 0 bridgehead atoms. The molecule has 1 aromatic heterocycles. The summed E-state index contributed by atoms with van der Waals surface area (Å²) in [6.45, 7) is 0.114. The second-order valence-electron chi connectivity index (χ2n) is 2.94. The number of hydrogen-bond acceptors (Lipinski definition) is 5. The molecule has 0 atom stereocenters. The first-order chi connectivity index (χ1) is 7.57. The van der Waals surface area contributed by atoms with Crippen molar-refractivity contribution in [1.82, 2.24) is 9.71 Å². The Morgan fingerprint density at radius 1 is 1.62 bits per heavy atom. The van der Waals surface area contributed by atoms with Gasteiger partial charge in [0, 0.05) is 18.8 Å². The van der Waals surface area contributed by atoms with Crippen LogP contribution in [-0.2, 0) is 16.6 Å². The number of aromatic nitrogens is 1. The quantitative estimate of drug-likeness (QED) is 0.785. The van der Waals surface area contributed by atoms with Crippen molar-refractivity contribution in [3.8, 4) is 11.9 Å². The van der Waals surface area contributed by atoms with Gasteiger partial charge in [-0.25, -0.2) is 18.1 Å². The Labute approximate surface area is 93.9 Å². The molecule has 16 heavy (non-hydrogen) atoms. The monoisotopic (exact) mass is 241 g/mol. The number of hydrogen-bond donors (Lipinski definition) is 1. The van der Waals surface area contributed by atoms with Crippen molar-refractivity contribution in [2.24, 2.45) is 0 Å². The Hall–Kier alpha value is -1.65. The summed E-state index contributed by atoms with van der Waals surface area (Å²) in [5.74, 6) is -0.133. The predicted octanol–water partition coefficient (Wildman–Crippen LogP) is 0.0332. The van der Waals surface area contributed by atoms with E-state index in [1.54, 1.807) is 18.2 Å². The lowest BCUT2D eigenvalue weighted by Crippen LogP contribution is -2.25. The van der Waals surface area contributed by atoms with Crippen molar-refractivity contribution in [3.05, 3.63) is 23.9 Å². The summed E-state index contributed by atoms with van der Waals surface area (Å²) in [7, 11) is -2.04. The van der Waals surface area contributed by atoms with E-state index in [0.29, 0.717) is 11.4 Å². The number of nitriles is 1. The van der Waals surface area contributed by atoms with Crippen LogP contribution in [-0.4, -0.2) is 26.3 Å². The van der Waals surface area contributed by atoms with Gasteiger partial charge in [-0.2, -0.15) is 5.26 Å². The van der Waals surface area contributed by atoms with E-state index < -0.39 is 15.8 Å². The molecule has 0 radical (unpaired) electrons. The fourth-order valence-corrected chi connectivity index (χ4v) is 1.66. The molecular formula is C9H11N3O3S. The van der Waals surface area contributed by atoms with Gasteiger partial charge in [-0.1, -0.05) is 0 Å². The molecule has 0 aliphatic carbocycles. The third-order valence-corrected chi connectivity index (χ3v) is 2.85. The van der Waals surface area contributed by atoms with Gasteiger partial charge in [-0.15, -0.1) is 0 Å². The maximum absolute atomic E-state index is 11.2. The average Bonchev–Trinajstić information content (AvgIpc) is 2.27. The van der Waals surface area contributed by atoms with Crippen molar-refractivity contribution in [3.63, 3.8) is 0 Å². The van der Waals surface area contributed by atoms with Crippen molar-refractivity contribution in [2.45, 2.75) is 6.54 Å². The summed E-state index contributed by atoms with van der Waals surface area (Å²) >= 11 is 0. The highest BCUT2D eigenvalue weighted by Gasteiger charge is 2.08. The molecule has 0 unspecified atom stereocenters. The number of ether oxygens (including phenoxy) is 1. The largest absolute Gasteiger partial charge is 0.481 e. The van der Waals surface area contributed by atoms with Gasteiger partial charge < -0.3 is 4.74 Å². The summed E-state index contributed by atoms with van der Waals surface area (Å²) in [6, 6.07) is 4.86. The minimum Gasteiger partial charge on any atom is -0.481 e. The average molecular weight is 241 g/mol. The normalized spacial score (nSPS) is 10.8. The molecule has 1 heterocycles. The molecule has 0 saturated heterocycles. The van der Waals surface area contributed by atoms with Crippen LogP contribution in [0.4, 0.5) is 0 Å². The molecule has 0 aliphatic rings. The van der Waals surface area contributed by atoms with Crippen LogP contribution in [0.2, 0.25) is 0 Å². The van der Waals surface area contributed by atoms with Crippen LogP contribution in [0.1, 0.15) is 5.56 Å². The van der Waals surface area contributed by atoms with E-state index in [1.807, 2.05) is 0 Å². The molecule has 0 saturated carbocycles. The third-order valence-electron chi connectivity index (χ3n) is 1.76. The molecule has 0 amide bonds. The van der Waals surface area contributed by atoms with Gasteiger partial charge in [0.25, 0.3) is 0 Å². The van der Waals surface area contributed by atoms with Crippen LogP contribution >= 0.6 is 0 Å². The summed E-state index contributed by atoms with van der Waals surface area (Å²) in [5, 5.41) is 8.28. The smallest absolute Gasteiger partial charge is 0.225 e. The van der Waals surface area contributed by atoms with Crippen LogP contribution in [0.25, 0.3) is 0 Å². The predicted molar refractivity (Wildman–Crippen MR) is 57.0 cm³/mol. The van der Waals surface area contributed by atoms with Gasteiger partial charge in [-0.3, -0.25) is 0 Å². The van der Waals surface area contributed by atoms with E-state index in [2.05, 4.69) is 9.71 Å². The number of sulfonamides is 1. The van der Waals surface area contributed by atoms with Crippen LogP contribution in [0.5, 0.6) is 5.88 Å². The van der Waals surface area contributed by atoms with Gasteiger partial charge in [0.1, 0.15) is 0 Å². The van der Waals surface area contributed by atoms with E-state index in [1.165, 1.54) is 13.3 Å². The first kappa shape index (κ1) is 12.4. The molecular weight excluding hydrogens is 230 g/mol. The maximum Gasteiger partial charge on any atom is 0.225 e. The Kier molecular flexibility index (Phi) is 4.22. The van der Waals surface area contributed by atoms with E-state index in [9.17, 15) is 8.42 Å². The second-order valence-corrected chi connectivity index (χ2v) is 4.75. The zero-order valence-corrected chi connectivity index (χ0v) is 9.49. The SMILES string of the molecule is COc1cc(CNS(=O)(=O)CC#N)ccn1. The van der Waals surface area contributed by atoms with Crippen LogP contribution in [0.3, 0.4) is 0 Å². The van der Waals surface area contributed by atoms with Gasteiger partial charge in [0.05, 0.1) is 13.2 Å². The van der Waals surface area contributed by atoms with Gasteiger partial charge in [0.2, 0.25) is 15.9 Å². The fraction of sp³-hybridized carbons (Fsp3) is 0.333. The molecule has 1 aromatic rings. The number of nitrogens with zero attached hydrogens (tertiary/aromatic N) is 2. The van der Waals surface area contributed by atoms with Crippen LogP contribution in [0, 0.1) is 11.3 Å². The van der Waals surface area contributed by atoms with Crippen molar-refractivity contribution in [2.75, 3.05) is 12.9 Å².